The predicted molar refractivity (Wildman–Crippen MR) is 92.3 cm³/mol. The number of nitrogens with one attached hydrogen (secondary N) is 1. The van der Waals surface area contributed by atoms with Crippen molar-refractivity contribution in [3.05, 3.63) is 63.9 Å². The van der Waals surface area contributed by atoms with E-state index < -0.39 is 5.82 Å². The smallest absolute Gasteiger partial charge is 0.238 e. The number of halogens is 2. The number of benzene rings is 2. The number of likely N-dealkylation sites (N-methyl/N-ethyl adjacent to an activating group) is 1. The highest BCUT2D eigenvalue weighted by Crippen LogP contribution is 2.22. The quantitative estimate of drug-likeness (QED) is 0.890. The molecule has 0 atom stereocenters. The Bertz CT molecular complexity index is 718. The summed E-state index contributed by atoms with van der Waals surface area (Å²) in [4.78, 5) is 14.0. The van der Waals surface area contributed by atoms with E-state index in [1.165, 1.54) is 34.9 Å². The number of carbonyl (C=O) groups is 1. The second-order valence-corrected chi connectivity index (χ2v) is 6.18. The molecule has 0 saturated heterocycles. The van der Waals surface area contributed by atoms with Gasteiger partial charge in [0.15, 0.2) is 0 Å². The molecule has 0 radical (unpaired) electrons. The topological polar surface area (TPSA) is 32.3 Å². The molecule has 2 aromatic rings. The molecule has 0 fully saturated rings. The van der Waals surface area contributed by atoms with Gasteiger partial charge in [0.25, 0.3) is 0 Å². The molecule has 0 aromatic heterocycles. The fourth-order valence-corrected chi connectivity index (χ4v) is 2.61. The van der Waals surface area contributed by atoms with Crippen LogP contribution in [0.15, 0.2) is 36.4 Å². The number of amides is 1. The first-order valence-electron chi connectivity index (χ1n) is 7.34. The van der Waals surface area contributed by atoms with Gasteiger partial charge in [-0.05, 0) is 50.2 Å². The van der Waals surface area contributed by atoms with Crippen molar-refractivity contribution >= 4 is 23.2 Å². The van der Waals surface area contributed by atoms with Gasteiger partial charge in [-0.15, -0.1) is 0 Å². The highest BCUT2D eigenvalue weighted by atomic mass is 35.5. The zero-order valence-corrected chi connectivity index (χ0v) is 14.2. The molecule has 23 heavy (non-hydrogen) atoms. The van der Waals surface area contributed by atoms with Crippen LogP contribution in [0.1, 0.15) is 16.7 Å². The van der Waals surface area contributed by atoms with Crippen LogP contribution in [0.5, 0.6) is 0 Å². The van der Waals surface area contributed by atoms with Crippen LogP contribution < -0.4 is 5.32 Å². The lowest BCUT2D eigenvalue weighted by atomic mass is 10.1. The van der Waals surface area contributed by atoms with Crippen molar-refractivity contribution in [2.24, 2.45) is 0 Å². The number of hydrogen-bond acceptors (Lipinski definition) is 2. The summed E-state index contributed by atoms with van der Waals surface area (Å²) in [6, 6.07) is 10.2. The maximum absolute atomic E-state index is 13.0. The molecule has 0 saturated carbocycles. The first kappa shape index (κ1) is 17.4. The number of rotatable bonds is 5. The molecule has 2 rings (SSSR count). The predicted octanol–water partition coefficient (Wildman–Crippen LogP) is 4.17. The Kier molecular flexibility index (Phi) is 5.74. The summed E-state index contributed by atoms with van der Waals surface area (Å²) < 4.78 is 13.0. The third-order valence-corrected chi connectivity index (χ3v) is 3.87. The normalized spacial score (nSPS) is 10.9. The molecule has 0 spiro atoms. The molecule has 0 unspecified atom stereocenters. The van der Waals surface area contributed by atoms with E-state index in [0.717, 1.165) is 0 Å². The third kappa shape index (κ3) is 5.05. The Morgan fingerprint density at radius 1 is 1.22 bits per heavy atom. The van der Waals surface area contributed by atoms with Crippen molar-refractivity contribution in [1.82, 2.24) is 4.90 Å². The lowest BCUT2D eigenvalue weighted by Gasteiger charge is -2.18. The third-order valence-electron chi connectivity index (χ3n) is 3.56. The average molecular weight is 335 g/mol. The van der Waals surface area contributed by atoms with Crippen molar-refractivity contribution in [2.75, 3.05) is 18.9 Å². The zero-order valence-electron chi connectivity index (χ0n) is 13.5. The first-order chi connectivity index (χ1) is 10.8. The Labute approximate surface area is 141 Å². The van der Waals surface area contributed by atoms with Gasteiger partial charge in [0, 0.05) is 6.54 Å². The largest absolute Gasteiger partial charge is 0.324 e. The number of carbonyl (C=O) groups excluding carboxylic acids is 1. The summed E-state index contributed by atoms with van der Waals surface area (Å²) in [5.74, 6) is -0.620. The molecule has 0 bridgehead atoms. The highest BCUT2D eigenvalue weighted by Gasteiger charge is 2.11. The minimum Gasteiger partial charge on any atom is -0.324 e. The lowest BCUT2D eigenvalue weighted by Crippen LogP contribution is -2.30. The van der Waals surface area contributed by atoms with Crippen molar-refractivity contribution in [3.8, 4) is 0 Å². The van der Waals surface area contributed by atoms with Crippen LogP contribution in [0.25, 0.3) is 0 Å². The van der Waals surface area contributed by atoms with Crippen LogP contribution in [0.4, 0.5) is 10.1 Å². The number of hydrogen-bond donors (Lipinski definition) is 1. The summed E-state index contributed by atoms with van der Waals surface area (Å²) in [5, 5.41) is 2.89. The first-order valence-corrected chi connectivity index (χ1v) is 7.72. The van der Waals surface area contributed by atoms with Crippen molar-refractivity contribution < 1.29 is 9.18 Å². The van der Waals surface area contributed by atoms with Gasteiger partial charge in [-0.1, -0.05) is 35.4 Å². The molecule has 122 valence electrons. The Hall–Kier alpha value is -1.91. The molecular weight excluding hydrogens is 315 g/mol. The molecule has 0 aliphatic carbocycles. The molecule has 1 N–H and O–H groups in total. The molecule has 3 nitrogen and oxygen atoms in total. The fraction of sp³-hybridized carbons (Fsp3) is 0.278. The van der Waals surface area contributed by atoms with Crippen LogP contribution in [-0.2, 0) is 11.3 Å². The second-order valence-electron chi connectivity index (χ2n) is 5.77. The number of anilines is 1. The molecule has 0 aliphatic rings. The Morgan fingerprint density at radius 2 is 1.96 bits per heavy atom. The monoisotopic (exact) mass is 334 g/mol. The average Bonchev–Trinajstić information content (AvgIpc) is 2.45. The summed E-state index contributed by atoms with van der Waals surface area (Å²) in [6.45, 7) is 5.02. The van der Waals surface area contributed by atoms with E-state index in [1.807, 2.05) is 11.9 Å². The SMILES string of the molecule is Cc1ccc(CN(C)CC(=O)Nc2ccc(F)cc2Cl)c(C)c1. The van der Waals surface area contributed by atoms with Crippen LogP contribution in [0, 0.1) is 19.7 Å². The van der Waals surface area contributed by atoms with E-state index in [2.05, 4.69) is 37.4 Å². The summed E-state index contributed by atoms with van der Waals surface area (Å²) in [6.07, 6.45) is 0. The van der Waals surface area contributed by atoms with Crippen LogP contribution in [-0.4, -0.2) is 24.4 Å². The van der Waals surface area contributed by atoms with Gasteiger partial charge in [-0.2, -0.15) is 0 Å². The van der Waals surface area contributed by atoms with Gasteiger partial charge in [-0.3, -0.25) is 9.69 Å². The standard InChI is InChI=1S/C18H20ClFN2O/c1-12-4-5-14(13(2)8-12)10-22(3)11-18(23)21-17-7-6-15(20)9-16(17)19/h4-9H,10-11H2,1-3H3,(H,21,23). The van der Waals surface area contributed by atoms with Crippen molar-refractivity contribution in [1.29, 1.82) is 0 Å². The molecular formula is C18H20ClFN2O. The van der Waals surface area contributed by atoms with Gasteiger partial charge >= 0.3 is 0 Å². The minimum atomic E-state index is -0.431. The summed E-state index contributed by atoms with van der Waals surface area (Å²) in [5.41, 5.74) is 4.03. The second kappa shape index (κ2) is 7.57. The molecule has 0 aliphatic heterocycles. The van der Waals surface area contributed by atoms with Crippen LogP contribution >= 0.6 is 11.6 Å². The van der Waals surface area contributed by atoms with E-state index >= 15 is 0 Å². The minimum absolute atomic E-state index is 0.189. The van der Waals surface area contributed by atoms with Gasteiger partial charge in [-0.25, -0.2) is 4.39 Å². The van der Waals surface area contributed by atoms with Crippen LogP contribution in [0.3, 0.4) is 0 Å². The molecule has 2 aromatic carbocycles. The van der Waals surface area contributed by atoms with E-state index in [0.29, 0.717) is 12.2 Å². The summed E-state index contributed by atoms with van der Waals surface area (Å²) in [7, 11) is 1.88. The van der Waals surface area contributed by atoms with Gasteiger partial charge in [0.05, 0.1) is 17.3 Å². The molecule has 5 heteroatoms. The number of nitrogens with zero attached hydrogens (tertiary/aromatic N) is 1. The molecule has 1 amide bonds. The Morgan fingerprint density at radius 3 is 2.61 bits per heavy atom. The van der Waals surface area contributed by atoms with E-state index in [4.69, 9.17) is 11.6 Å². The molecule has 0 heterocycles. The summed E-state index contributed by atoms with van der Waals surface area (Å²) >= 11 is 5.91. The van der Waals surface area contributed by atoms with Crippen LogP contribution in [0.2, 0.25) is 5.02 Å². The maximum atomic E-state index is 13.0. The lowest BCUT2D eigenvalue weighted by molar-refractivity contribution is -0.117. The highest BCUT2D eigenvalue weighted by molar-refractivity contribution is 6.33. The fourth-order valence-electron chi connectivity index (χ4n) is 2.40. The zero-order chi connectivity index (χ0) is 17.0. The van der Waals surface area contributed by atoms with E-state index in [1.54, 1.807) is 0 Å². The van der Waals surface area contributed by atoms with Crippen molar-refractivity contribution in [3.63, 3.8) is 0 Å². The maximum Gasteiger partial charge on any atom is 0.238 e. The van der Waals surface area contributed by atoms with E-state index in [-0.39, 0.29) is 17.5 Å². The Balaban J connectivity index is 1.94. The van der Waals surface area contributed by atoms with E-state index in [9.17, 15) is 9.18 Å². The van der Waals surface area contributed by atoms with Crippen molar-refractivity contribution in [2.45, 2.75) is 20.4 Å². The number of aryl methyl sites for hydroxylation is 2. The van der Waals surface area contributed by atoms with Gasteiger partial charge in [0.1, 0.15) is 5.82 Å². The van der Waals surface area contributed by atoms with Gasteiger partial charge in [0.2, 0.25) is 5.91 Å². The van der Waals surface area contributed by atoms with Gasteiger partial charge < -0.3 is 5.32 Å².